The van der Waals surface area contributed by atoms with Gasteiger partial charge >= 0.3 is 5.97 Å². The van der Waals surface area contributed by atoms with Crippen molar-refractivity contribution >= 4 is 22.8 Å². The van der Waals surface area contributed by atoms with Crippen LogP contribution < -0.4 is 5.32 Å². The van der Waals surface area contributed by atoms with E-state index in [1.165, 1.54) is 0 Å². The summed E-state index contributed by atoms with van der Waals surface area (Å²) in [6, 6.07) is 8.33. The number of aromatic amines is 1. The highest BCUT2D eigenvalue weighted by atomic mass is 16.4. The van der Waals surface area contributed by atoms with Crippen LogP contribution in [0.5, 0.6) is 0 Å². The molecule has 2 aromatic rings. The summed E-state index contributed by atoms with van der Waals surface area (Å²) in [6.45, 7) is 3.51. The lowest BCUT2D eigenvalue weighted by Crippen LogP contribution is -2.44. The van der Waals surface area contributed by atoms with Crippen LogP contribution in [0.3, 0.4) is 0 Å². The van der Waals surface area contributed by atoms with Crippen LogP contribution in [0.15, 0.2) is 30.3 Å². The number of rotatable bonds is 4. The van der Waals surface area contributed by atoms with Gasteiger partial charge in [-0.05, 0) is 18.1 Å². The molecule has 1 aromatic heterocycles. The van der Waals surface area contributed by atoms with Crippen LogP contribution in [0.2, 0.25) is 0 Å². The maximum Gasteiger partial charge on any atom is 0.326 e. The summed E-state index contributed by atoms with van der Waals surface area (Å²) in [5.41, 5.74) is 1.22. The zero-order valence-electron chi connectivity index (χ0n) is 10.8. The van der Waals surface area contributed by atoms with Crippen LogP contribution in [0.25, 0.3) is 10.9 Å². The van der Waals surface area contributed by atoms with E-state index in [0.29, 0.717) is 5.69 Å². The topological polar surface area (TPSA) is 82.2 Å². The third-order valence-electron chi connectivity index (χ3n) is 2.99. The fourth-order valence-corrected chi connectivity index (χ4v) is 1.93. The van der Waals surface area contributed by atoms with Gasteiger partial charge in [-0.15, -0.1) is 0 Å². The average Bonchev–Trinajstić information content (AvgIpc) is 2.78. The number of amides is 1. The maximum atomic E-state index is 12.0. The molecule has 5 nitrogen and oxygen atoms in total. The lowest BCUT2D eigenvalue weighted by molar-refractivity contribution is -0.140. The number of benzene rings is 1. The van der Waals surface area contributed by atoms with Gasteiger partial charge in [0.1, 0.15) is 11.7 Å². The van der Waals surface area contributed by atoms with Gasteiger partial charge in [0.2, 0.25) is 0 Å². The molecule has 0 radical (unpaired) electrons. The van der Waals surface area contributed by atoms with Crippen molar-refractivity contribution in [2.24, 2.45) is 5.92 Å². The molecule has 0 unspecified atom stereocenters. The van der Waals surface area contributed by atoms with Crippen molar-refractivity contribution < 1.29 is 14.7 Å². The standard InChI is InChI=1S/C14H16N2O3/c1-8(2)12(14(18)19)16-13(17)11-7-9-5-3-4-6-10(9)15-11/h3-8,12,15H,1-2H3,(H,16,17)(H,18,19)/t12-/m0/s1. The zero-order valence-corrected chi connectivity index (χ0v) is 10.8. The summed E-state index contributed by atoms with van der Waals surface area (Å²) in [7, 11) is 0. The molecule has 0 spiro atoms. The first kappa shape index (κ1) is 13.1. The number of carbonyl (C=O) groups is 2. The molecule has 0 aliphatic heterocycles. The summed E-state index contributed by atoms with van der Waals surface area (Å²) in [5.74, 6) is -1.61. The molecule has 19 heavy (non-hydrogen) atoms. The van der Waals surface area contributed by atoms with Crippen LogP contribution in [-0.2, 0) is 4.79 Å². The molecule has 1 heterocycles. The van der Waals surface area contributed by atoms with Crippen molar-refractivity contribution in [1.82, 2.24) is 10.3 Å². The Kier molecular flexibility index (Phi) is 3.55. The molecule has 1 amide bonds. The van der Waals surface area contributed by atoms with Gasteiger partial charge in [0, 0.05) is 10.9 Å². The predicted octanol–water partition coefficient (Wildman–Crippen LogP) is 2.01. The molecule has 0 saturated heterocycles. The van der Waals surface area contributed by atoms with E-state index >= 15 is 0 Å². The lowest BCUT2D eigenvalue weighted by Gasteiger charge is -2.17. The summed E-state index contributed by atoms with van der Waals surface area (Å²) in [6.07, 6.45) is 0. The fraction of sp³-hybridized carbons (Fsp3) is 0.286. The SMILES string of the molecule is CC(C)[C@H](NC(=O)c1cc2ccccc2[nH]1)C(=O)O. The van der Waals surface area contributed by atoms with E-state index in [4.69, 9.17) is 5.11 Å². The molecule has 0 saturated carbocycles. The molecular formula is C14H16N2O3. The minimum atomic E-state index is -1.03. The van der Waals surface area contributed by atoms with Gasteiger partial charge < -0.3 is 15.4 Å². The second kappa shape index (κ2) is 5.14. The highest BCUT2D eigenvalue weighted by molar-refractivity contribution is 5.99. The highest BCUT2D eigenvalue weighted by Crippen LogP contribution is 2.15. The number of fused-ring (bicyclic) bond motifs is 1. The highest BCUT2D eigenvalue weighted by Gasteiger charge is 2.24. The Morgan fingerprint density at radius 3 is 2.53 bits per heavy atom. The van der Waals surface area contributed by atoms with E-state index < -0.39 is 17.9 Å². The Morgan fingerprint density at radius 1 is 1.26 bits per heavy atom. The zero-order chi connectivity index (χ0) is 14.0. The quantitative estimate of drug-likeness (QED) is 0.786. The van der Waals surface area contributed by atoms with Crippen LogP contribution in [0.4, 0.5) is 0 Å². The number of hydrogen-bond acceptors (Lipinski definition) is 2. The third kappa shape index (κ3) is 2.76. The van der Waals surface area contributed by atoms with E-state index in [9.17, 15) is 9.59 Å². The molecule has 0 fully saturated rings. The smallest absolute Gasteiger partial charge is 0.326 e. The van der Waals surface area contributed by atoms with Crippen molar-refractivity contribution in [2.75, 3.05) is 0 Å². The molecule has 0 bridgehead atoms. The van der Waals surface area contributed by atoms with E-state index in [1.807, 2.05) is 24.3 Å². The second-order valence-corrected chi connectivity index (χ2v) is 4.80. The number of hydrogen-bond donors (Lipinski definition) is 3. The van der Waals surface area contributed by atoms with Gasteiger partial charge in [0.15, 0.2) is 0 Å². The van der Waals surface area contributed by atoms with Crippen molar-refractivity contribution in [2.45, 2.75) is 19.9 Å². The summed E-state index contributed by atoms with van der Waals surface area (Å²) >= 11 is 0. The molecule has 0 aliphatic rings. The number of carbonyl (C=O) groups excluding carboxylic acids is 1. The molecule has 1 atom stereocenters. The summed E-state index contributed by atoms with van der Waals surface area (Å²) in [5, 5.41) is 12.5. The van der Waals surface area contributed by atoms with Crippen LogP contribution in [0.1, 0.15) is 24.3 Å². The predicted molar refractivity (Wildman–Crippen MR) is 72.0 cm³/mol. The number of para-hydroxylation sites is 1. The average molecular weight is 260 g/mol. The van der Waals surface area contributed by atoms with Crippen LogP contribution >= 0.6 is 0 Å². The fourth-order valence-electron chi connectivity index (χ4n) is 1.93. The van der Waals surface area contributed by atoms with E-state index in [-0.39, 0.29) is 5.92 Å². The first-order valence-corrected chi connectivity index (χ1v) is 6.10. The van der Waals surface area contributed by atoms with E-state index in [1.54, 1.807) is 19.9 Å². The van der Waals surface area contributed by atoms with Gasteiger partial charge in [-0.25, -0.2) is 4.79 Å². The number of aliphatic carboxylic acids is 1. The van der Waals surface area contributed by atoms with E-state index in [2.05, 4.69) is 10.3 Å². The van der Waals surface area contributed by atoms with Crippen molar-refractivity contribution in [1.29, 1.82) is 0 Å². The monoisotopic (exact) mass is 260 g/mol. The summed E-state index contributed by atoms with van der Waals surface area (Å²) in [4.78, 5) is 26.1. The minimum absolute atomic E-state index is 0.175. The molecule has 1 aromatic carbocycles. The molecule has 5 heteroatoms. The van der Waals surface area contributed by atoms with Crippen molar-refractivity contribution in [3.63, 3.8) is 0 Å². The Morgan fingerprint density at radius 2 is 1.95 bits per heavy atom. The number of H-pyrrole nitrogens is 1. The van der Waals surface area contributed by atoms with Crippen molar-refractivity contribution in [3.8, 4) is 0 Å². The number of carboxylic acid groups (broad SMARTS) is 1. The van der Waals surface area contributed by atoms with Gasteiger partial charge in [0.25, 0.3) is 5.91 Å². The van der Waals surface area contributed by atoms with Gasteiger partial charge in [-0.2, -0.15) is 0 Å². The molecule has 2 rings (SSSR count). The van der Waals surface area contributed by atoms with Crippen molar-refractivity contribution in [3.05, 3.63) is 36.0 Å². The Balaban J connectivity index is 2.21. The summed E-state index contributed by atoms with van der Waals surface area (Å²) < 4.78 is 0. The molecular weight excluding hydrogens is 244 g/mol. The van der Waals surface area contributed by atoms with Gasteiger partial charge in [-0.1, -0.05) is 32.0 Å². The Hall–Kier alpha value is -2.30. The van der Waals surface area contributed by atoms with Gasteiger partial charge in [0.05, 0.1) is 0 Å². The van der Waals surface area contributed by atoms with Gasteiger partial charge in [-0.3, -0.25) is 4.79 Å². The molecule has 100 valence electrons. The largest absolute Gasteiger partial charge is 0.480 e. The number of aromatic nitrogens is 1. The molecule has 0 aliphatic carbocycles. The lowest BCUT2D eigenvalue weighted by atomic mass is 10.0. The number of nitrogens with one attached hydrogen (secondary N) is 2. The maximum absolute atomic E-state index is 12.0. The van der Waals surface area contributed by atoms with Crippen LogP contribution in [0, 0.1) is 5.92 Å². The Labute approximate surface area is 110 Å². The first-order valence-electron chi connectivity index (χ1n) is 6.10. The second-order valence-electron chi connectivity index (χ2n) is 4.80. The Bertz CT molecular complexity index is 583. The normalized spacial score (nSPS) is 12.6. The minimum Gasteiger partial charge on any atom is -0.480 e. The molecule has 3 N–H and O–H groups in total. The van der Waals surface area contributed by atoms with Crippen LogP contribution in [-0.4, -0.2) is 28.0 Å². The first-order chi connectivity index (χ1) is 8.99. The van der Waals surface area contributed by atoms with E-state index in [0.717, 1.165) is 10.9 Å². The third-order valence-corrected chi connectivity index (χ3v) is 2.99. The number of carboxylic acids is 1.